The number of aryl methyl sites for hydroxylation is 2. The normalized spacial score (nSPS) is 14.1. The number of amides is 2. The van der Waals surface area contributed by atoms with Gasteiger partial charge in [0.25, 0.3) is 0 Å². The first kappa shape index (κ1) is 33.8. The number of aromatic nitrogens is 1. The van der Waals surface area contributed by atoms with Crippen molar-refractivity contribution in [1.29, 1.82) is 0 Å². The lowest BCUT2D eigenvalue weighted by Gasteiger charge is -2.34. The van der Waals surface area contributed by atoms with Crippen molar-refractivity contribution < 1.29 is 9.59 Å². The number of benzene rings is 1. The van der Waals surface area contributed by atoms with E-state index in [-0.39, 0.29) is 12.0 Å². The average Bonchev–Trinajstić information content (AvgIpc) is 3.02. The number of hydrogen-bond acceptors (Lipinski definition) is 4. The van der Waals surface area contributed by atoms with Crippen LogP contribution >= 0.6 is 11.6 Å². The van der Waals surface area contributed by atoms with Crippen LogP contribution in [-0.4, -0.2) is 54.7 Å². The molecule has 7 nitrogen and oxygen atoms in total. The number of amidine groups is 1. The van der Waals surface area contributed by atoms with E-state index in [1.165, 1.54) is 5.57 Å². The maximum Gasteiger partial charge on any atom is 0.219 e. The van der Waals surface area contributed by atoms with Gasteiger partial charge in [0.05, 0.1) is 22.0 Å². The number of allylic oxidation sites excluding steroid dienone is 4. The molecule has 1 heterocycles. The van der Waals surface area contributed by atoms with Gasteiger partial charge >= 0.3 is 0 Å². The molecular weight excluding hydrogens is 558 g/mol. The van der Waals surface area contributed by atoms with E-state index < -0.39 is 0 Å². The van der Waals surface area contributed by atoms with Gasteiger partial charge in [-0.2, -0.15) is 0 Å². The third-order valence-corrected chi connectivity index (χ3v) is 8.18. The molecule has 0 radical (unpaired) electrons. The lowest BCUT2D eigenvalue weighted by atomic mass is 9.87. The van der Waals surface area contributed by atoms with Crippen molar-refractivity contribution in [1.82, 2.24) is 15.2 Å². The van der Waals surface area contributed by atoms with Crippen LogP contribution in [0.2, 0.25) is 5.02 Å². The van der Waals surface area contributed by atoms with E-state index >= 15 is 0 Å². The second-order valence-corrected chi connectivity index (χ2v) is 11.4. The summed E-state index contributed by atoms with van der Waals surface area (Å²) in [5.74, 6) is 1.39. The molecule has 0 saturated carbocycles. The first-order valence-corrected chi connectivity index (χ1v) is 15.6. The Kier molecular flexibility index (Phi) is 12.7. The highest BCUT2D eigenvalue weighted by Gasteiger charge is 2.29. The second-order valence-electron chi connectivity index (χ2n) is 11.0. The van der Waals surface area contributed by atoms with Crippen LogP contribution in [0.25, 0.3) is 5.57 Å². The predicted molar refractivity (Wildman–Crippen MR) is 180 cm³/mol. The van der Waals surface area contributed by atoms with Crippen LogP contribution in [0.3, 0.4) is 0 Å². The van der Waals surface area contributed by atoms with Gasteiger partial charge in [-0.25, -0.2) is 4.98 Å². The van der Waals surface area contributed by atoms with E-state index in [9.17, 15) is 9.59 Å². The van der Waals surface area contributed by atoms with Gasteiger partial charge in [-0.15, -0.1) is 6.58 Å². The summed E-state index contributed by atoms with van der Waals surface area (Å²) in [5.41, 5.74) is 6.45. The highest BCUT2D eigenvalue weighted by Crippen LogP contribution is 2.40. The smallest absolute Gasteiger partial charge is 0.219 e. The fraction of sp³-hybridized carbons (Fsp3) is 0.429. The number of para-hydroxylation sites is 1. The molecule has 1 aromatic heterocycles. The summed E-state index contributed by atoms with van der Waals surface area (Å²) in [6, 6.07) is 7.94. The highest BCUT2D eigenvalue weighted by atomic mass is 35.5. The lowest BCUT2D eigenvalue weighted by Crippen LogP contribution is -2.45. The quantitative estimate of drug-likeness (QED) is 0.100. The summed E-state index contributed by atoms with van der Waals surface area (Å²) >= 11 is 7.10. The molecule has 1 N–H and O–H groups in total. The Bertz CT molecular complexity index is 1370. The summed E-state index contributed by atoms with van der Waals surface area (Å²) in [4.78, 5) is 38.1. The number of pyridine rings is 1. The molecule has 0 fully saturated rings. The molecule has 3 rings (SSSR count). The molecule has 0 aliphatic heterocycles. The number of nitrogens with one attached hydrogen (secondary N) is 1. The molecule has 2 aromatic rings. The maximum atomic E-state index is 13.2. The first-order valence-electron chi connectivity index (χ1n) is 15.3. The van der Waals surface area contributed by atoms with Gasteiger partial charge < -0.3 is 10.2 Å². The third kappa shape index (κ3) is 7.63. The molecule has 1 aromatic carbocycles. The van der Waals surface area contributed by atoms with Gasteiger partial charge in [-0.05, 0) is 67.7 Å². The number of aliphatic imine (C=N–C) groups is 1. The Morgan fingerprint density at radius 2 is 1.81 bits per heavy atom. The number of anilines is 2. The first-order chi connectivity index (χ1) is 20.8. The molecular formula is C35H46ClN5O2. The molecule has 0 bridgehead atoms. The Labute approximate surface area is 262 Å². The van der Waals surface area contributed by atoms with Gasteiger partial charge in [0.15, 0.2) is 5.82 Å². The summed E-state index contributed by atoms with van der Waals surface area (Å²) in [6.45, 7) is 15.5. The van der Waals surface area contributed by atoms with Gasteiger partial charge in [-0.3, -0.25) is 19.5 Å². The number of rotatable bonds is 15. The largest absolute Gasteiger partial charge is 0.357 e. The summed E-state index contributed by atoms with van der Waals surface area (Å²) in [6.07, 6.45) is 11.9. The monoisotopic (exact) mass is 603 g/mol. The second kappa shape index (κ2) is 16.2. The SMILES string of the molecule is C=CCCN(C(=NC)c1cc(Cl)c(C2=CCCC=C2C(C)C)nc1N(C=O)c1c(CC)cccc1CC)C(C)CNC=O. The third-order valence-electron chi connectivity index (χ3n) is 7.89. The molecule has 2 amide bonds. The summed E-state index contributed by atoms with van der Waals surface area (Å²) in [5, 5.41) is 3.29. The Balaban J connectivity index is 2.39. The van der Waals surface area contributed by atoms with Crippen molar-refractivity contribution in [3.05, 3.63) is 82.1 Å². The molecule has 43 heavy (non-hydrogen) atoms. The fourth-order valence-electron chi connectivity index (χ4n) is 5.72. The van der Waals surface area contributed by atoms with E-state index in [4.69, 9.17) is 21.6 Å². The summed E-state index contributed by atoms with van der Waals surface area (Å²) in [7, 11) is 1.73. The minimum atomic E-state index is -0.106. The van der Waals surface area contributed by atoms with Crippen molar-refractivity contribution in [2.45, 2.75) is 72.8 Å². The predicted octanol–water partition coefficient (Wildman–Crippen LogP) is 7.30. The molecule has 1 aliphatic rings. The maximum absolute atomic E-state index is 13.2. The Morgan fingerprint density at radius 1 is 1.14 bits per heavy atom. The van der Waals surface area contributed by atoms with Crippen LogP contribution in [0.1, 0.15) is 76.3 Å². The molecule has 1 aliphatic carbocycles. The van der Waals surface area contributed by atoms with Crippen molar-refractivity contribution in [2.24, 2.45) is 10.9 Å². The lowest BCUT2D eigenvalue weighted by molar-refractivity contribution is -0.109. The molecule has 1 atom stereocenters. The number of carbonyl (C=O) groups excluding carboxylic acids is 2. The van der Waals surface area contributed by atoms with Gasteiger partial charge in [0.1, 0.15) is 5.84 Å². The molecule has 1 unspecified atom stereocenters. The standard InChI is InChI=1S/C35H46ClN5O2/c1-8-11-19-40(25(6)21-38-22-42)34(37-7)30-20-31(36)32(29-18-13-12-17-28(29)24(4)5)39-35(30)41(23-43)33-26(9-2)15-14-16-27(33)10-3/h8,14-18,20,22-25H,1,9-13,19,21H2,2-7H3,(H,38,42). The zero-order chi connectivity index (χ0) is 31.5. The zero-order valence-electron chi connectivity index (χ0n) is 26.5. The minimum absolute atomic E-state index is 0.106. The van der Waals surface area contributed by atoms with Crippen LogP contribution in [0.4, 0.5) is 11.5 Å². The van der Waals surface area contributed by atoms with Crippen LogP contribution < -0.4 is 10.2 Å². The van der Waals surface area contributed by atoms with Gasteiger partial charge in [0.2, 0.25) is 12.8 Å². The van der Waals surface area contributed by atoms with Crippen molar-refractivity contribution >= 4 is 47.3 Å². The fourth-order valence-corrected chi connectivity index (χ4v) is 5.97. The van der Waals surface area contributed by atoms with Crippen molar-refractivity contribution in [3.63, 3.8) is 0 Å². The van der Waals surface area contributed by atoms with E-state index in [1.807, 2.05) is 25.1 Å². The highest BCUT2D eigenvalue weighted by molar-refractivity contribution is 6.33. The average molecular weight is 604 g/mol. The number of halogens is 1. The van der Waals surface area contributed by atoms with E-state index in [0.717, 1.165) is 54.5 Å². The summed E-state index contributed by atoms with van der Waals surface area (Å²) < 4.78 is 0. The van der Waals surface area contributed by atoms with E-state index in [0.29, 0.717) is 53.9 Å². The zero-order valence-corrected chi connectivity index (χ0v) is 27.2. The van der Waals surface area contributed by atoms with E-state index in [2.05, 4.69) is 68.8 Å². The van der Waals surface area contributed by atoms with Gasteiger partial charge in [0, 0.05) is 31.8 Å². The minimum Gasteiger partial charge on any atom is -0.357 e. The van der Waals surface area contributed by atoms with Crippen LogP contribution in [0.15, 0.2) is 59.6 Å². The topological polar surface area (TPSA) is 77.9 Å². The Hall–Kier alpha value is -3.71. The Morgan fingerprint density at radius 3 is 2.37 bits per heavy atom. The van der Waals surface area contributed by atoms with Crippen LogP contribution in [0, 0.1) is 5.92 Å². The molecule has 8 heteroatoms. The molecule has 0 spiro atoms. The van der Waals surface area contributed by atoms with Crippen molar-refractivity contribution in [3.8, 4) is 0 Å². The number of carbonyl (C=O) groups is 2. The van der Waals surface area contributed by atoms with Crippen LogP contribution in [-0.2, 0) is 22.4 Å². The van der Waals surface area contributed by atoms with Crippen LogP contribution in [0.5, 0.6) is 0 Å². The number of nitrogens with zero attached hydrogens (tertiary/aromatic N) is 4. The van der Waals surface area contributed by atoms with E-state index in [1.54, 1.807) is 11.9 Å². The molecule has 230 valence electrons. The van der Waals surface area contributed by atoms with Gasteiger partial charge in [-0.1, -0.05) is 75.7 Å². The number of hydrogen-bond donors (Lipinski definition) is 1. The molecule has 0 saturated heterocycles. The van der Waals surface area contributed by atoms with Crippen molar-refractivity contribution in [2.75, 3.05) is 25.0 Å².